The molecule has 2 atom stereocenters. The van der Waals surface area contributed by atoms with E-state index in [2.05, 4.69) is 13.8 Å². The molecule has 1 saturated heterocycles. The highest BCUT2D eigenvalue weighted by Gasteiger charge is 2.43. The quantitative estimate of drug-likeness (QED) is 0.540. The summed E-state index contributed by atoms with van der Waals surface area (Å²) in [5.41, 5.74) is 0.581. The molecule has 1 aliphatic heterocycles. The van der Waals surface area contributed by atoms with Crippen molar-refractivity contribution < 1.29 is 4.74 Å². The molecule has 1 heteroatoms. The van der Waals surface area contributed by atoms with Gasteiger partial charge in [0.2, 0.25) is 0 Å². The molecule has 0 aromatic carbocycles. The van der Waals surface area contributed by atoms with E-state index in [1.54, 1.807) is 0 Å². The molecule has 1 saturated carbocycles. The summed E-state index contributed by atoms with van der Waals surface area (Å²) in [5, 5.41) is 0. The first kappa shape index (κ1) is 8.55. The highest BCUT2D eigenvalue weighted by molar-refractivity contribution is 4.93. The van der Waals surface area contributed by atoms with Gasteiger partial charge in [0.25, 0.3) is 0 Å². The van der Waals surface area contributed by atoms with Gasteiger partial charge in [0.15, 0.2) is 0 Å². The van der Waals surface area contributed by atoms with E-state index in [-0.39, 0.29) is 0 Å². The van der Waals surface area contributed by atoms with Crippen LogP contribution in [0.4, 0.5) is 0 Å². The minimum absolute atomic E-state index is 0.524. The normalized spacial score (nSPS) is 40.5. The predicted octanol–water partition coefficient (Wildman–Crippen LogP) is 2.99. The Morgan fingerprint density at radius 3 is 2.50 bits per heavy atom. The fourth-order valence-corrected chi connectivity index (χ4v) is 3.09. The van der Waals surface area contributed by atoms with Gasteiger partial charge in [-0.1, -0.05) is 19.8 Å². The van der Waals surface area contributed by atoms with Crippen molar-refractivity contribution in [3.8, 4) is 0 Å². The van der Waals surface area contributed by atoms with Gasteiger partial charge in [-0.25, -0.2) is 0 Å². The van der Waals surface area contributed by atoms with Crippen molar-refractivity contribution in [2.75, 3.05) is 6.61 Å². The van der Waals surface area contributed by atoms with Crippen molar-refractivity contribution in [3.63, 3.8) is 0 Å². The summed E-state index contributed by atoms with van der Waals surface area (Å²) in [5.74, 6) is 0.791. The summed E-state index contributed by atoms with van der Waals surface area (Å²) in [6, 6.07) is 0. The summed E-state index contributed by atoms with van der Waals surface area (Å²) in [6.07, 6.45) is 7.63. The van der Waals surface area contributed by atoms with Gasteiger partial charge in [0, 0.05) is 6.61 Å². The van der Waals surface area contributed by atoms with E-state index in [0.29, 0.717) is 11.5 Å². The van der Waals surface area contributed by atoms with Crippen molar-refractivity contribution >= 4 is 0 Å². The molecule has 2 rings (SSSR count). The Hall–Kier alpha value is -0.0400. The lowest BCUT2D eigenvalue weighted by atomic mass is 9.72. The predicted molar refractivity (Wildman–Crippen MR) is 50.1 cm³/mol. The maximum Gasteiger partial charge on any atom is 0.0603 e. The highest BCUT2D eigenvalue weighted by atomic mass is 16.5. The van der Waals surface area contributed by atoms with Crippen LogP contribution in [0.25, 0.3) is 0 Å². The molecule has 0 bridgehead atoms. The second kappa shape index (κ2) is 3.02. The summed E-state index contributed by atoms with van der Waals surface area (Å²) in [6.45, 7) is 5.59. The summed E-state index contributed by atoms with van der Waals surface area (Å²) >= 11 is 0. The minimum Gasteiger partial charge on any atom is -0.378 e. The topological polar surface area (TPSA) is 9.23 Å². The monoisotopic (exact) mass is 168 g/mol. The summed E-state index contributed by atoms with van der Waals surface area (Å²) in [4.78, 5) is 0. The second-order valence-corrected chi connectivity index (χ2v) is 4.85. The van der Waals surface area contributed by atoms with E-state index in [0.717, 1.165) is 12.5 Å². The van der Waals surface area contributed by atoms with Crippen LogP contribution in [-0.4, -0.2) is 12.7 Å². The molecular formula is C11H20O. The van der Waals surface area contributed by atoms with Crippen molar-refractivity contribution in [3.05, 3.63) is 0 Å². The van der Waals surface area contributed by atoms with Crippen molar-refractivity contribution in [2.24, 2.45) is 11.3 Å². The Kier molecular flexibility index (Phi) is 2.16. The first-order valence-corrected chi connectivity index (χ1v) is 5.34. The van der Waals surface area contributed by atoms with Crippen LogP contribution in [0.2, 0.25) is 0 Å². The van der Waals surface area contributed by atoms with E-state index < -0.39 is 0 Å². The van der Waals surface area contributed by atoms with Crippen LogP contribution in [0, 0.1) is 11.3 Å². The third-order valence-corrected chi connectivity index (χ3v) is 3.85. The van der Waals surface area contributed by atoms with Gasteiger partial charge >= 0.3 is 0 Å². The lowest BCUT2D eigenvalue weighted by molar-refractivity contribution is -0.0947. The molecule has 12 heavy (non-hydrogen) atoms. The molecule has 2 fully saturated rings. The largest absolute Gasteiger partial charge is 0.378 e. The molecule has 1 aliphatic carbocycles. The average molecular weight is 168 g/mol. The smallest absolute Gasteiger partial charge is 0.0603 e. The fraction of sp³-hybridized carbons (Fsp3) is 1.00. The van der Waals surface area contributed by atoms with Crippen molar-refractivity contribution in [1.29, 1.82) is 0 Å². The van der Waals surface area contributed by atoms with Gasteiger partial charge < -0.3 is 4.74 Å². The minimum atomic E-state index is 0.524. The van der Waals surface area contributed by atoms with Crippen LogP contribution in [0.15, 0.2) is 0 Å². The number of hydrogen-bond acceptors (Lipinski definition) is 1. The number of rotatable bonds is 0. The van der Waals surface area contributed by atoms with Crippen LogP contribution < -0.4 is 0 Å². The molecular weight excluding hydrogens is 148 g/mol. The van der Waals surface area contributed by atoms with Crippen LogP contribution in [-0.2, 0) is 4.74 Å². The van der Waals surface area contributed by atoms with E-state index >= 15 is 0 Å². The van der Waals surface area contributed by atoms with Crippen LogP contribution in [0.3, 0.4) is 0 Å². The molecule has 1 nitrogen and oxygen atoms in total. The second-order valence-electron chi connectivity index (χ2n) is 4.85. The molecule has 2 unspecified atom stereocenters. The Labute approximate surface area is 75.5 Å². The van der Waals surface area contributed by atoms with Crippen LogP contribution in [0.5, 0.6) is 0 Å². The van der Waals surface area contributed by atoms with Gasteiger partial charge in [-0.2, -0.15) is 0 Å². The van der Waals surface area contributed by atoms with Crippen molar-refractivity contribution in [2.45, 2.75) is 52.1 Å². The third-order valence-electron chi connectivity index (χ3n) is 3.85. The molecule has 0 N–H and O–H groups in total. The molecule has 0 aromatic rings. The molecule has 0 aromatic heterocycles. The SMILES string of the molecule is CC1COC(C)C2(CCCC2)C1. The molecule has 1 heterocycles. The first-order valence-electron chi connectivity index (χ1n) is 5.34. The van der Waals surface area contributed by atoms with E-state index in [1.807, 2.05) is 0 Å². The van der Waals surface area contributed by atoms with Gasteiger partial charge in [-0.3, -0.25) is 0 Å². The molecule has 0 amide bonds. The van der Waals surface area contributed by atoms with Gasteiger partial charge in [0.1, 0.15) is 0 Å². The summed E-state index contributed by atoms with van der Waals surface area (Å²) < 4.78 is 5.83. The fourth-order valence-electron chi connectivity index (χ4n) is 3.09. The average Bonchev–Trinajstić information content (AvgIpc) is 2.48. The third kappa shape index (κ3) is 1.28. The Morgan fingerprint density at radius 1 is 1.17 bits per heavy atom. The number of ether oxygens (including phenoxy) is 1. The van der Waals surface area contributed by atoms with E-state index in [9.17, 15) is 0 Å². The van der Waals surface area contributed by atoms with Crippen LogP contribution >= 0.6 is 0 Å². The lowest BCUT2D eigenvalue weighted by Crippen LogP contribution is -2.40. The highest BCUT2D eigenvalue weighted by Crippen LogP contribution is 2.49. The lowest BCUT2D eigenvalue weighted by Gasteiger charge is -2.42. The van der Waals surface area contributed by atoms with Gasteiger partial charge in [-0.05, 0) is 37.5 Å². The Balaban J connectivity index is 2.09. The number of hydrogen-bond donors (Lipinski definition) is 0. The zero-order chi connectivity index (χ0) is 8.60. The molecule has 70 valence electrons. The van der Waals surface area contributed by atoms with Crippen LogP contribution in [0.1, 0.15) is 46.0 Å². The zero-order valence-corrected chi connectivity index (χ0v) is 8.31. The van der Waals surface area contributed by atoms with Gasteiger partial charge in [0.05, 0.1) is 6.10 Å². The van der Waals surface area contributed by atoms with Crippen molar-refractivity contribution in [1.82, 2.24) is 0 Å². The standard InChI is InChI=1S/C11H20O/c1-9-7-11(5-3-4-6-11)10(2)12-8-9/h9-10H,3-8H2,1-2H3. The Morgan fingerprint density at radius 2 is 1.83 bits per heavy atom. The Bertz CT molecular complexity index is 158. The zero-order valence-electron chi connectivity index (χ0n) is 8.31. The molecule has 2 aliphatic rings. The maximum atomic E-state index is 5.83. The molecule has 0 radical (unpaired) electrons. The summed E-state index contributed by atoms with van der Waals surface area (Å²) in [7, 11) is 0. The molecule has 1 spiro atoms. The first-order chi connectivity index (χ1) is 5.73. The van der Waals surface area contributed by atoms with Gasteiger partial charge in [-0.15, -0.1) is 0 Å². The van der Waals surface area contributed by atoms with E-state index in [1.165, 1.54) is 32.1 Å². The van der Waals surface area contributed by atoms with E-state index in [4.69, 9.17) is 4.74 Å². The maximum absolute atomic E-state index is 5.83.